The molecule has 1 heterocycles. The topological polar surface area (TPSA) is 13.1 Å². The molecule has 0 aliphatic rings. The highest BCUT2D eigenvalue weighted by molar-refractivity contribution is 7.20. The van der Waals surface area contributed by atoms with Crippen LogP contribution in [-0.4, -0.2) is 6.15 Å². The number of nitrogens with zero attached hydrogens (tertiary/aromatic N) is 1. The molecule has 1 aromatic heterocycles. The minimum absolute atomic E-state index is 0.878. The van der Waals surface area contributed by atoms with Crippen molar-refractivity contribution in [2.75, 3.05) is 0 Å². The zero-order valence-electron chi connectivity index (χ0n) is 28.2. The largest absolute Gasteiger partial charge is 0.231 e. The Kier molecular flexibility index (Phi) is 12.0. The molecule has 2 nitrogen and oxygen atoms in total. The van der Waals surface area contributed by atoms with Crippen molar-refractivity contribution in [3.63, 3.8) is 0 Å². The van der Waals surface area contributed by atoms with E-state index in [-0.39, 0.29) is 0 Å². The van der Waals surface area contributed by atoms with Crippen LogP contribution in [0.1, 0.15) is 5.56 Å². The van der Waals surface area contributed by atoms with E-state index in [0.29, 0.717) is 0 Å². The molecule has 59 heavy (non-hydrogen) atoms. The van der Waals surface area contributed by atoms with Gasteiger partial charge >= 0.3 is 0 Å². The zero-order valence-corrected chi connectivity index (χ0v) is 28.2. The second-order valence-electron chi connectivity index (χ2n) is 11.9. The van der Waals surface area contributed by atoms with Crippen LogP contribution in [0.15, 0.2) is 54.9 Å². The molecule has 0 amide bonds. The molecule has 0 spiro atoms. The van der Waals surface area contributed by atoms with Crippen molar-refractivity contribution in [3.8, 4) is 5.75 Å². The number of aromatic nitrogens is 1. The van der Waals surface area contributed by atoms with Gasteiger partial charge in [-0.25, -0.2) is 92.6 Å². The summed E-state index contributed by atoms with van der Waals surface area (Å²) in [5.74, 6) is -70.5. The third kappa shape index (κ3) is 6.84. The highest BCUT2D eigenvalue weighted by atomic mass is 19.2. The predicted octanol–water partition coefficient (Wildman–Crippen LogP) is 7.97. The molecular weight excluding hydrogens is 853 g/mol. The molecule has 0 atom stereocenters. The molecular formula is C36H12BF20NO. The van der Waals surface area contributed by atoms with Gasteiger partial charge in [-0.3, -0.25) is 0 Å². The van der Waals surface area contributed by atoms with Gasteiger partial charge in [0.05, 0.1) is 0 Å². The first-order valence-corrected chi connectivity index (χ1v) is 15.5. The van der Waals surface area contributed by atoms with Gasteiger partial charge in [-0.15, -0.1) is 21.9 Å². The van der Waals surface area contributed by atoms with Crippen LogP contribution in [0.4, 0.5) is 87.8 Å². The second kappa shape index (κ2) is 16.2. The summed E-state index contributed by atoms with van der Waals surface area (Å²) in [5, 5.41) is 0. The minimum Gasteiger partial charge on any atom is -0.231 e. The average Bonchev–Trinajstić information content (AvgIpc) is 3.22. The number of pyridine rings is 1. The van der Waals surface area contributed by atoms with E-state index in [4.69, 9.17) is 4.84 Å². The molecule has 0 fully saturated rings. The zero-order chi connectivity index (χ0) is 44.2. The van der Waals surface area contributed by atoms with Crippen LogP contribution in [0.3, 0.4) is 0 Å². The Bertz CT molecular complexity index is 2280. The fraction of sp³-hybridized carbons (Fsp3) is 0.0278. The molecule has 0 radical (unpaired) electrons. The molecule has 0 aliphatic heterocycles. The maximum atomic E-state index is 15.4. The van der Waals surface area contributed by atoms with Crippen molar-refractivity contribution in [1.82, 2.24) is 0 Å². The number of rotatable bonds is 6. The number of aryl methyl sites for hydroxylation is 1. The van der Waals surface area contributed by atoms with Crippen LogP contribution >= 0.6 is 0 Å². The summed E-state index contributed by atoms with van der Waals surface area (Å²) in [5.41, 5.74) is -13.2. The highest BCUT2D eigenvalue weighted by Crippen LogP contribution is 2.30. The highest BCUT2D eigenvalue weighted by Gasteiger charge is 2.52. The van der Waals surface area contributed by atoms with Gasteiger partial charge in [0.15, 0.2) is 69.8 Å². The summed E-state index contributed by atoms with van der Waals surface area (Å²) in [4.78, 5) is 5.63. The maximum Gasteiger partial charge on any atom is 0.223 e. The summed E-state index contributed by atoms with van der Waals surface area (Å²) < 4.78 is 296. The Morgan fingerprint density at radius 2 is 0.559 bits per heavy atom. The fourth-order valence-electron chi connectivity index (χ4n) is 6.09. The van der Waals surface area contributed by atoms with Crippen LogP contribution in [0, 0.1) is 123 Å². The number of hydrogen-bond donors (Lipinski definition) is 0. The monoisotopic (exact) mass is 865 g/mol. The van der Waals surface area contributed by atoms with Gasteiger partial charge in [-0.1, -0.05) is 24.3 Å². The van der Waals surface area contributed by atoms with Crippen LogP contribution in [0.2, 0.25) is 0 Å². The first kappa shape index (κ1) is 43.8. The van der Waals surface area contributed by atoms with Gasteiger partial charge in [-0.05, 0) is 18.6 Å². The van der Waals surface area contributed by atoms with E-state index < -0.39 is 144 Å². The molecule has 0 unspecified atom stereocenters. The summed E-state index contributed by atoms with van der Waals surface area (Å²) in [7, 11) is 0. The maximum absolute atomic E-state index is 15.4. The standard InChI is InChI=1S/C24BF20.C12H12NO/c26-5-1(6(27)14(35)21(42)13(5)34)25(2-7(28)15(36)22(43)16(37)8(2)29,3-9(30)17(38)23(44)18(39)10(3)31)4-11(32)19(40)24(45)20(41)12(4)33;1-11-7-3-4-8-12(11)14-13-9-5-2-6-10-13/h;2-10H,1H3/q-1;+1. The van der Waals surface area contributed by atoms with E-state index in [1.807, 2.05) is 61.8 Å². The average molecular weight is 865 g/mol. The summed E-state index contributed by atoms with van der Waals surface area (Å²) >= 11 is 0. The molecule has 5 aromatic carbocycles. The van der Waals surface area contributed by atoms with Gasteiger partial charge in [-0.2, -0.15) is 0 Å². The molecule has 23 heteroatoms. The Labute approximate surface area is 315 Å². The second-order valence-corrected chi connectivity index (χ2v) is 11.9. The fourth-order valence-corrected chi connectivity index (χ4v) is 6.09. The van der Waals surface area contributed by atoms with E-state index >= 15 is 35.1 Å². The number of hydrogen-bond acceptors (Lipinski definition) is 1. The van der Waals surface area contributed by atoms with Gasteiger partial charge < -0.3 is 0 Å². The quantitative estimate of drug-likeness (QED) is 0.0545. The molecule has 6 rings (SSSR count). The van der Waals surface area contributed by atoms with Gasteiger partial charge in [0, 0.05) is 16.9 Å². The molecule has 310 valence electrons. The van der Waals surface area contributed by atoms with E-state index in [9.17, 15) is 52.7 Å². The Morgan fingerprint density at radius 1 is 0.322 bits per heavy atom. The van der Waals surface area contributed by atoms with Crippen LogP contribution < -0.4 is 31.4 Å². The first-order chi connectivity index (χ1) is 27.6. The van der Waals surface area contributed by atoms with E-state index in [1.54, 1.807) is 4.73 Å². The third-order valence-corrected chi connectivity index (χ3v) is 8.69. The lowest BCUT2D eigenvalue weighted by molar-refractivity contribution is -0.875. The van der Waals surface area contributed by atoms with Crippen molar-refractivity contribution in [3.05, 3.63) is 177 Å². The lowest BCUT2D eigenvalue weighted by atomic mass is 9.12. The van der Waals surface area contributed by atoms with E-state index in [0.717, 1.165) is 11.3 Å². The Balaban J connectivity index is 0.000000395. The minimum atomic E-state index is -7.22. The summed E-state index contributed by atoms with van der Waals surface area (Å²) in [6.07, 6.45) is -3.48. The summed E-state index contributed by atoms with van der Waals surface area (Å²) in [6, 6.07) is 13.8. The van der Waals surface area contributed by atoms with E-state index in [1.165, 1.54) is 0 Å². The van der Waals surface area contributed by atoms with Gasteiger partial charge in [0.1, 0.15) is 52.7 Å². The van der Waals surface area contributed by atoms with Crippen LogP contribution in [-0.2, 0) is 0 Å². The molecule has 0 saturated heterocycles. The van der Waals surface area contributed by atoms with Crippen molar-refractivity contribution in [2.24, 2.45) is 0 Å². The van der Waals surface area contributed by atoms with Gasteiger partial charge in [0.25, 0.3) is 0 Å². The SMILES string of the molecule is Cc1ccccc1O[n+]1ccccc1.Fc1c(F)c(F)c([B-](c2c(F)c(F)c(F)c(F)c2F)(c2c(F)c(F)c(F)c(F)c2F)c2c(F)c(F)c(F)c(F)c2F)c(F)c1F. The van der Waals surface area contributed by atoms with Crippen LogP contribution in [0.5, 0.6) is 5.75 Å². The summed E-state index contributed by atoms with van der Waals surface area (Å²) in [6.45, 7) is 2.03. The lowest BCUT2D eigenvalue weighted by Crippen LogP contribution is -2.81. The first-order valence-electron chi connectivity index (χ1n) is 15.5. The van der Waals surface area contributed by atoms with Crippen molar-refractivity contribution in [1.29, 1.82) is 0 Å². The Morgan fingerprint density at radius 3 is 0.814 bits per heavy atom. The van der Waals surface area contributed by atoms with Crippen molar-refractivity contribution < 1.29 is 97.4 Å². The van der Waals surface area contributed by atoms with E-state index in [2.05, 4.69) is 0 Å². The van der Waals surface area contributed by atoms with Gasteiger partial charge in [0.2, 0.25) is 18.1 Å². The van der Waals surface area contributed by atoms with Crippen molar-refractivity contribution >= 4 is 28.0 Å². The molecule has 0 aliphatic carbocycles. The lowest BCUT2D eigenvalue weighted by Gasteiger charge is -2.44. The molecule has 6 aromatic rings. The molecule has 0 saturated carbocycles. The molecule has 0 bridgehead atoms. The molecule has 0 N–H and O–H groups in total. The number of benzene rings is 5. The van der Waals surface area contributed by atoms with Crippen molar-refractivity contribution in [2.45, 2.75) is 6.92 Å². The van der Waals surface area contributed by atoms with Crippen LogP contribution in [0.25, 0.3) is 0 Å². The third-order valence-electron chi connectivity index (χ3n) is 8.69. The normalized spacial score (nSPS) is 11.5. The predicted molar refractivity (Wildman–Crippen MR) is 163 cm³/mol. The smallest absolute Gasteiger partial charge is 0.223 e. The Hall–Kier alpha value is -6.29. The number of halogens is 20. The number of para-hydroxylation sites is 1.